The van der Waals surface area contributed by atoms with Gasteiger partial charge in [0.1, 0.15) is 0 Å². The van der Waals surface area contributed by atoms with E-state index in [-0.39, 0.29) is 5.91 Å². The Bertz CT molecular complexity index is 367. The molecule has 88 valence electrons. The second kappa shape index (κ2) is 4.97. The summed E-state index contributed by atoms with van der Waals surface area (Å²) in [6.07, 6.45) is 0. The molecule has 2 heterocycles. The molecular formula is C12H17NO2S. The average Bonchev–Trinajstić information content (AvgIpc) is 2.78. The number of ether oxygens (including phenoxy) is 1. The van der Waals surface area contributed by atoms with Gasteiger partial charge in [-0.3, -0.25) is 4.79 Å². The minimum absolute atomic E-state index is 0.153. The highest BCUT2D eigenvalue weighted by Gasteiger charge is 2.20. The Balaban J connectivity index is 2.07. The van der Waals surface area contributed by atoms with Crippen molar-refractivity contribution < 1.29 is 9.53 Å². The number of morpholine rings is 1. The molecule has 0 aliphatic carbocycles. The molecule has 0 radical (unpaired) electrons. The Morgan fingerprint density at radius 2 is 2.06 bits per heavy atom. The molecule has 1 aromatic rings. The van der Waals surface area contributed by atoms with E-state index >= 15 is 0 Å². The number of nitrogens with zero attached hydrogens (tertiary/aromatic N) is 1. The third kappa shape index (κ3) is 2.44. The minimum Gasteiger partial charge on any atom is -0.378 e. The zero-order chi connectivity index (χ0) is 11.5. The highest BCUT2D eigenvalue weighted by Crippen LogP contribution is 2.25. The van der Waals surface area contributed by atoms with Crippen LogP contribution in [0.3, 0.4) is 0 Å². The van der Waals surface area contributed by atoms with Crippen LogP contribution >= 0.6 is 11.3 Å². The van der Waals surface area contributed by atoms with Gasteiger partial charge >= 0.3 is 0 Å². The molecular weight excluding hydrogens is 222 g/mol. The lowest BCUT2D eigenvalue weighted by Crippen LogP contribution is -2.40. The first-order valence-corrected chi connectivity index (χ1v) is 6.47. The molecule has 0 spiro atoms. The van der Waals surface area contributed by atoms with Crippen molar-refractivity contribution >= 4 is 17.2 Å². The van der Waals surface area contributed by atoms with E-state index in [0.717, 1.165) is 4.88 Å². The molecule has 0 saturated carbocycles. The molecule has 1 aliphatic rings. The van der Waals surface area contributed by atoms with E-state index in [1.165, 1.54) is 4.88 Å². The maximum Gasteiger partial charge on any atom is 0.264 e. The molecule has 16 heavy (non-hydrogen) atoms. The summed E-state index contributed by atoms with van der Waals surface area (Å²) in [6, 6.07) is 4.00. The summed E-state index contributed by atoms with van der Waals surface area (Å²) in [4.78, 5) is 16.1. The van der Waals surface area contributed by atoms with Crippen molar-refractivity contribution in [2.45, 2.75) is 19.8 Å². The minimum atomic E-state index is 0.153. The first kappa shape index (κ1) is 11.6. The fourth-order valence-corrected chi connectivity index (χ4v) is 2.68. The molecule has 0 bridgehead atoms. The number of hydrogen-bond acceptors (Lipinski definition) is 3. The number of rotatable bonds is 2. The molecule has 4 heteroatoms. The normalized spacial score (nSPS) is 16.8. The van der Waals surface area contributed by atoms with Crippen molar-refractivity contribution in [3.05, 3.63) is 21.9 Å². The number of hydrogen-bond donors (Lipinski definition) is 0. The van der Waals surface area contributed by atoms with E-state index in [0.29, 0.717) is 32.2 Å². The van der Waals surface area contributed by atoms with E-state index in [4.69, 9.17) is 4.74 Å². The van der Waals surface area contributed by atoms with Crippen LogP contribution in [-0.4, -0.2) is 37.1 Å². The Kier molecular flexibility index (Phi) is 3.61. The van der Waals surface area contributed by atoms with E-state index in [9.17, 15) is 4.79 Å². The van der Waals surface area contributed by atoms with Crippen molar-refractivity contribution in [1.29, 1.82) is 0 Å². The van der Waals surface area contributed by atoms with Gasteiger partial charge in [0.05, 0.1) is 18.1 Å². The van der Waals surface area contributed by atoms with Gasteiger partial charge in [0.15, 0.2) is 0 Å². The summed E-state index contributed by atoms with van der Waals surface area (Å²) < 4.78 is 5.24. The Labute approximate surface area is 100 Å². The van der Waals surface area contributed by atoms with E-state index in [1.54, 1.807) is 11.3 Å². The van der Waals surface area contributed by atoms with Crippen LogP contribution in [0.5, 0.6) is 0 Å². The second-order valence-corrected chi connectivity index (χ2v) is 5.38. The van der Waals surface area contributed by atoms with Gasteiger partial charge in [-0.25, -0.2) is 0 Å². The average molecular weight is 239 g/mol. The molecule has 3 nitrogen and oxygen atoms in total. The zero-order valence-corrected chi connectivity index (χ0v) is 10.5. The molecule has 0 atom stereocenters. The molecule has 0 aromatic carbocycles. The Hall–Kier alpha value is -0.870. The molecule has 1 aromatic heterocycles. The van der Waals surface area contributed by atoms with E-state index in [2.05, 4.69) is 19.9 Å². The van der Waals surface area contributed by atoms with Crippen molar-refractivity contribution in [3.63, 3.8) is 0 Å². The van der Waals surface area contributed by atoms with Crippen LogP contribution in [-0.2, 0) is 4.74 Å². The number of amides is 1. The number of carbonyl (C=O) groups excluding carboxylic acids is 1. The molecule has 1 aliphatic heterocycles. The maximum atomic E-state index is 12.1. The SMILES string of the molecule is CC(C)c1ccc(C(=O)N2CCOCC2)s1. The van der Waals surface area contributed by atoms with Gasteiger partial charge in [0, 0.05) is 18.0 Å². The van der Waals surface area contributed by atoms with Crippen LogP contribution < -0.4 is 0 Å². The molecule has 0 N–H and O–H groups in total. The summed E-state index contributed by atoms with van der Waals surface area (Å²) in [5.41, 5.74) is 0. The molecule has 2 rings (SSSR count). The van der Waals surface area contributed by atoms with Crippen LogP contribution in [0.25, 0.3) is 0 Å². The summed E-state index contributed by atoms with van der Waals surface area (Å²) in [7, 11) is 0. The fourth-order valence-electron chi connectivity index (χ4n) is 1.70. The number of thiophene rings is 1. The van der Waals surface area contributed by atoms with Crippen molar-refractivity contribution in [2.24, 2.45) is 0 Å². The predicted molar refractivity (Wildman–Crippen MR) is 65.1 cm³/mol. The third-order valence-electron chi connectivity index (χ3n) is 2.70. The topological polar surface area (TPSA) is 29.5 Å². The zero-order valence-electron chi connectivity index (χ0n) is 9.73. The quantitative estimate of drug-likeness (QED) is 0.793. The predicted octanol–water partition coefficient (Wildman–Crippen LogP) is 2.34. The lowest BCUT2D eigenvalue weighted by atomic mass is 10.2. The molecule has 1 amide bonds. The van der Waals surface area contributed by atoms with Gasteiger partial charge in [-0.05, 0) is 18.1 Å². The third-order valence-corrected chi connectivity index (χ3v) is 4.08. The number of carbonyl (C=O) groups is 1. The molecule has 1 fully saturated rings. The summed E-state index contributed by atoms with van der Waals surface area (Å²) in [5, 5.41) is 0. The monoisotopic (exact) mass is 239 g/mol. The summed E-state index contributed by atoms with van der Waals surface area (Å²) in [5.74, 6) is 0.649. The molecule has 1 saturated heterocycles. The lowest BCUT2D eigenvalue weighted by Gasteiger charge is -2.26. The van der Waals surface area contributed by atoms with Crippen LogP contribution in [0, 0.1) is 0 Å². The standard InChI is InChI=1S/C12H17NO2S/c1-9(2)10-3-4-11(16-10)12(14)13-5-7-15-8-6-13/h3-4,9H,5-8H2,1-2H3. The van der Waals surface area contributed by atoms with Gasteiger partial charge in [-0.15, -0.1) is 11.3 Å². The van der Waals surface area contributed by atoms with Gasteiger partial charge < -0.3 is 9.64 Å². The van der Waals surface area contributed by atoms with Gasteiger partial charge in [-0.1, -0.05) is 13.8 Å². The van der Waals surface area contributed by atoms with Crippen molar-refractivity contribution in [3.8, 4) is 0 Å². The Morgan fingerprint density at radius 1 is 1.38 bits per heavy atom. The fraction of sp³-hybridized carbons (Fsp3) is 0.583. The highest BCUT2D eigenvalue weighted by molar-refractivity contribution is 7.14. The van der Waals surface area contributed by atoms with Gasteiger partial charge in [0.2, 0.25) is 0 Å². The largest absolute Gasteiger partial charge is 0.378 e. The molecule has 0 unspecified atom stereocenters. The van der Waals surface area contributed by atoms with Crippen LogP contribution in [0.1, 0.15) is 34.3 Å². The summed E-state index contributed by atoms with van der Waals surface area (Å²) in [6.45, 7) is 7.05. The van der Waals surface area contributed by atoms with Gasteiger partial charge in [0.25, 0.3) is 5.91 Å². The Morgan fingerprint density at radius 3 is 2.62 bits per heavy atom. The summed E-state index contributed by atoms with van der Waals surface area (Å²) >= 11 is 1.61. The second-order valence-electron chi connectivity index (χ2n) is 4.26. The first-order chi connectivity index (χ1) is 7.68. The highest BCUT2D eigenvalue weighted by atomic mass is 32.1. The van der Waals surface area contributed by atoms with Gasteiger partial charge in [-0.2, -0.15) is 0 Å². The smallest absolute Gasteiger partial charge is 0.264 e. The van der Waals surface area contributed by atoms with E-state index < -0.39 is 0 Å². The van der Waals surface area contributed by atoms with Crippen molar-refractivity contribution in [2.75, 3.05) is 26.3 Å². The first-order valence-electron chi connectivity index (χ1n) is 5.65. The van der Waals surface area contributed by atoms with Crippen LogP contribution in [0.4, 0.5) is 0 Å². The lowest BCUT2D eigenvalue weighted by molar-refractivity contribution is 0.0306. The van der Waals surface area contributed by atoms with Crippen LogP contribution in [0.15, 0.2) is 12.1 Å². The van der Waals surface area contributed by atoms with E-state index in [1.807, 2.05) is 11.0 Å². The van der Waals surface area contributed by atoms with Crippen LogP contribution in [0.2, 0.25) is 0 Å². The maximum absolute atomic E-state index is 12.1. The van der Waals surface area contributed by atoms with Crippen molar-refractivity contribution in [1.82, 2.24) is 4.90 Å².